The number of benzene rings is 4. The van der Waals surface area contributed by atoms with Crippen molar-refractivity contribution in [3.63, 3.8) is 0 Å². The minimum Gasteiger partial charge on any atom is -0.429 e. The van der Waals surface area contributed by atoms with E-state index in [1.54, 1.807) is 6.07 Å². The summed E-state index contributed by atoms with van der Waals surface area (Å²) in [6.07, 6.45) is 6.47. The van der Waals surface area contributed by atoms with Crippen molar-refractivity contribution in [1.82, 2.24) is 0 Å². The van der Waals surface area contributed by atoms with Gasteiger partial charge in [-0.05, 0) is 90.8 Å². The zero-order chi connectivity index (χ0) is 32.3. The van der Waals surface area contributed by atoms with E-state index in [9.17, 15) is 30.7 Å². The number of alkyl halides is 2. The maximum atomic E-state index is 15.2. The first kappa shape index (κ1) is 32.3. The molecule has 0 saturated heterocycles. The summed E-state index contributed by atoms with van der Waals surface area (Å²) in [5.41, 5.74) is 0.0160. The molecule has 45 heavy (non-hydrogen) atoms. The molecule has 1 aliphatic carbocycles. The molecule has 1 aliphatic rings. The first-order chi connectivity index (χ1) is 21.5. The van der Waals surface area contributed by atoms with Crippen LogP contribution in [0.1, 0.15) is 62.5 Å². The molecule has 0 amide bonds. The van der Waals surface area contributed by atoms with Crippen molar-refractivity contribution < 1.29 is 39.9 Å². The Morgan fingerprint density at radius 1 is 0.667 bits per heavy atom. The normalized spacial score (nSPS) is 17.2. The molecule has 4 aromatic carbocycles. The Morgan fingerprint density at radius 2 is 1.24 bits per heavy atom. The minimum atomic E-state index is -4.75. The van der Waals surface area contributed by atoms with Gasteiger partial charge >= 0.3 is 6.11 Å². The van der Waals surface area contributed by atoms with E-state index in [-0.39, 0.29) is 23.3 Å². The lowest BCUT2D eigenvalue weighted by Gasteiger charge is -2.28. The molecule has 0 N–H and O–H groups in total. The van der Waals surface area contributed by atoms with Crippen LogP contribution >= 0.6 is 0 Å². The van der Waals surface area contributed by atoms with E-state index in [2.05, 4.69) is 23.8 Å². The summed E-state index contributed by atoms with van der Waals surface area (Å²) in [4.78, 5) is 0. The van der Waals surface area contributed by atoms with E-state index in [0.29, 0.717) is 29.5 Å². The summed E-state index contributed by atoms with van der Waals surface area (Å²) in [7, 11) is 0. The van der Waals surface area contributed by atoms with Gasteiger partial charge in [-0.1, -0.05) is 55.5 Å². The lowest BCUT2D eigenvalue weighted by Crippen LogP contribution is -2.25. The van der Waals surface area contributed by atoms with Gasteiger partial charge in [0, 0.05) is 17.7 Å². The molecule has 0 aromatic heterocycles. The lowest BCUT2D eigenvalue weighted by atomic mass is 9.77. The van der Waals surface area contributed by atoms with Gasteiger partial charge < -0.3 is 4.74 Å². The second-order valence-corrected chi connectivity index (χ2v) is 11.3. The predicted molar refractivity (Wildman–Crippen MR) is 157 cm³/mol. The number of allylic oxidation sites excluding steroid dienone is 2. The molecule has 0 heterocycles. The van der Waals surface area contributed by atoms with Gasteiger partial charge in [0.05, 0.1) is 0 Å². The van der Waals surface area contributed by atoms with Crippen molar-refractivity contribution in [2.24, 2.45) is 5.92 Å². The summed E-state index contributed by atoms with van der Waals surface area (Å²) in [6, 6.07) is 13.1. The lowest BCUT2D eigenvalue weighted by molar-refractivity contribution is -0.189. The molecule has 0 bridgehead atoms. The molecule has 5 rings (SSSR count). The van der Waals surface area contributed by atoms with Crippen LogP contribution in [0.25, 0.3) is 22.3 Å². The highest BCUT2D eigenvalue weighted by Crippen LogP contribution is 2.40. The summed E-state index contributed by atoms with van der Waals surface area (Å²) >= 11 is 0. The van der Waals surface area contributed by atoms with Crippen molar-refractivity contribution in [2.75, 3.05) is 0 Å². The third-order valence-electron chi connectivity index (χ3n) is 8.25. The maximum absolute atomic E-state index is 15.2. The van der Waals surface area contributed by atoms with Crippen molar-refractivity contribution in [3.05, 3.63) is 125 Å². The summed E-state index contributed by atoms with van der Waals surface area (Å²) in [5.74, 6) is -10.0. The molecule has 1 saturated carbocycles. The third kappa shape index (κ3) is 7.24. The van der Waals surface area contributed by atoms with E-state index in [0.717, 1.165) is 31.2 Å². The van der Waals surface area contributed by atoms with Gasteiger partial charge in [-0.3, -0.25) is 0 Å². The maximum Gasteiger partial charge on any atom is 0.432 e. The first-order valence-electron chi connectivity index (χ1n) is 14.7. The summed E-state index contributed by atoms with van der Waals surface area (Å²) in [5, 5.41) is 0. The van der Waals surface area contributed by atoms with E-state index in [1.807, 2.05) is 24.3 Å². The smallest absolute Gasteiger partial charge is 0.429 e. The zero-order valence-corrected chi connectivity index (χ0v) is 24.3. The van der Waals surface area contributed by atoms with E-state index >= 15 is 4.39 Å². The van der Waals surface area contributed by atoms with Crippen molar-refractivity contribution in [1.29, 1.82) is 0 Å². The van der Waals surface area contributed by atoms with Crippen LogP contribution in [0.5, 0.6) is 5.75 Å². The average Bonchev–Trinajstić information content (AvgIpc) is 2.99. The van der Waals surface area contributed by atoms with Crippen molar-refractivity contribution in [2.45, 2.75) is 57.5 Å². The Bertz CT molecular complexity index is 1640. The molecular formula is C36H30F8O. The Labute approximate surface area is 256 Å². The fraction of sp³-hybridized carbons (Fsp3) is 0.278. The van der Waals surface area contributed by atoms with E-state index < -0.39 is 52.3 Å². The van der Waals surface area contributed by atoms with Crippen LogP contribution in [-0.4, -0.2) is 0 Å². The Hall–Kier alpha value is -4.14. The topological polar surface area (TPSA) is 9.23 Å². The molecule has 0 spiro atoms. The fourth-order valence-corrected chi connectivity index (χ4v) is 5.86. The second kappa shape index (κ2) is 13.5. The van der Waals surface area contributed by atoms with Crippen LogP contribution in [0.4, 0.5) is 35.1 Å². The van der Waals surface area contributed by atoms with E-state index in [1.165, 1.54) is 30.5 Å². The highest BCUT2D eigenvalue weighted by Gasteiger charge is 2.41. The Balaban J connectivity index is 1.30. The SMILES string of the molecule is CC/C=C\CC1CCC(c2ccc(-c3ccc(-c4cc(F)c(C(F)(F)Oc5cc(F)c(F)c(F)c5)c(F)c4)c(F)c3)cc2)CC1. The molecule has 0 unspecified atom stereocenters. The zero-order valence-electron chi connectivity index (χ0n) is 24.3. The van der Waals surface area contributed by atoms with Crippen molar-refractivity contribution >= 4 is 0 Å². The Kier molecular flexibility index (Phi) is 9.65. The van der Waals surface area contributed by atoms with E-state index in [4.69, 9.17) is 0 Å². The number of hydrogen-bond acceptors (Lipinski definition) is 1. The van der Waals surface area contributed by atoms with Gasteiger partial charge in [-0.25, -0.2) is 26.3 Å². The second-order valence-electron chi connectivity index (χ2n) is 11.3. The molecule has 1 fully saturated rings. The van der Waals surface area contributed by atoms with Gasteiger partial charge in [0.25, 0.3) is 0 Å². The van der Waals surface area contributed by atoms with Crippen LogP contribution in [0.2, 0.25) is 0 Å². The van der Waals surface area contributed by atoms with Crippen LogP contribution in [-0.2, 0) is 6.11 Å². The van der Waals surface area contributed by atoms with Crippen LogP contribution in [0.15, 0.2) is 78.9 Å². The van der Waals surface area contributed by atoms with Crippen molar-refractivity contribution in [3.8, 4) is 28.0 Å². The molecule has 9 heteroatoms. The largest absolute Gasteiger partial charge is 0.432 e. The van der Waals surface area contributed by atoms with Gasteiger partial charge in [-0.2, -0.15) is 8.78 Å². The van der Waals surface area contributed by atoms with Crippen LogP contribution in [0.3, 0.4) is 0 Å². The fourth-order valence-electron chi connectivity index (χ4n) is 5.86. The molecule has 0 atom stereocenters. The molecule has 236 valence electrons. The molecule has 0 radical (unpaired) electrons. The molecule has 0 aliphatic heterocycles. The third-order valence-corrected chi connectivity index (χ3v) is 8.25. The van der Waals surface area contributed by atoms with Gasteiger partial charge in [0.2, 0.25) is 0 Å². The molecule has 4 aromatic rings. The average molecular weight is 631 g/mol. The summed E-state index contributed by atoms with van der Waals surface area (Å²) in [6.45, 7) is 2.13. The Morgan fingerprint density at radius 3 is 1.82 bits per heavy atom. The highest BCUT2D eigenvalue weighted by atomic mass is 19.3. The van der Waals surface area contributed by atoms with Crippen LogP contribution in [0, 0.1) is 40.8 Å². The first-order valence-corrected chi connectivity index (χ1v) is 14.7. The predicted octanol–water partition coefficient (Wildman–Crippen LogP) is 11.6. The summed E-state index contributed by atoms with van der Waals surface area (Å²) < 4.78 is 118. The van der Waals surface area contributed by atoms with Crippen LogP contribution < -0.4 is 4.74 Å². The number of hydrogen-bond donors (Lipinski definition) is 0. The number of ether oxygens (including phenoxy) is 1. The highest BCUT2D eigenvalue weighted by molar-refractivity contribution is 5.71. The van der Waals surface area contributed by atoms with Gasteiger partial charge in [-0.15, -0.1) is 0 Å². The van der Waals surface area contributed by atoms with Gasteiger partial charge in [0.15, 0.2) is 17.5 Å². The number of rotatable bonds is 9. The number of halogens is 8. The molecule has 1 nitrogen and oxygen atoms in total. The standard InChI is InChI=1S/C36H30F8O/c1-2-3-4-5-21-6-8-22(9-7-21)23-10-12-24(13-11-23)25-14-15-28(29(37)16-25)26-17-30(38)34(31(39)18-26)36(43,44)45-27-19-32(40)35(42)33(41)20-27/h3-4,10-22H,2,5-9H2,1H3/b4-3-. The molecular weight excluding hydrogens is 600 g/mol. The monoisotopic (exact) mass is 630 g/mol. The quantitative estimate of drug-likeness (QED) is 0.102. The van der Waals surface area contributed by atoms with Gasteiger partial charge in [0.1, 0.15) is 28.8 Å². The minimum absolute atomic E-state index is 0.111.